The lowest BCUT2D eigenvalue weighted by molar-refractivity contribution is -0.0377. The summed E-state index contributed by atoms with van der Waals surface area (Å²) in [6.45, 7) is 0.493. The summed E-state index contributed by atoms with van der Waals surface area (Å²) in [5.41, 5.74) is -0.756. The van der Waals surface area contributed by atoms with Crippen molar-refractivity contribution in [1.82, 2.24) is 15.2 Å². The number of aliphatic hydroxyl groups excluding tert-OH is 1. The second kappa shape index (κ2) is 7.26. The summed E-state index contributed by atoms with van der Waals surface area (Å²) in [6.07, 6.45) is 0.466. The number of aromatic nitrogens is 1. The van der Waals surface area contributed by atoms with E-state index in [-0.39, 0.29) is 37.7 Å². The Balaban J connectivity index is 1.60. The average Bonchev–Trinajstić information content (AvgIpc) is 2.90. The summed E-state index contributed by atoms with van der Waals surface area (Å²) in [5, 5.41) is 23.4. The van der Waals surface area contributed by atoms with Crippen LogP contribution in [0.1, 0.15) is 16.1 Å². The van der Waals surface area contributed by atoms with Gasteiger partial charge in [0, 0.05) is 31.4 Å². The van der Waals surface area contributed by atoms with Crippen LogP contribution in [0.5, 0.6) is 0 Å². The fraction of sp³-hybridized carbons (Fsp3) is 0.333. The van der Waals surface area contributed by atoms with Crippen molar-refractivity contribution in [2.45, 2.75) is 18.2 Å². The number of hydrogen-bond acceptors (Lipinski definition) is 5. The average molecular weight is 345 g/mol. The number of carbonyl (C=O) groups is 1. The Hall–Kier alpha value is -2.35. The lowest BCUT2D eigenvalue weighted by Gasteiger charge is -2.26. The zero-order chi connectivity index (χ0) is 17.9. The molecule has 7 heteroatoms. The first-order valence-corrected chi connectivity index (χ1v) is 8.03. The van der Waals surface area contributed by atoms with E-state index in [1.165, 1.54) is 12.3 Å². The van der Waals surface area contributed by atoms with Gasteiger partial charge in [-0.25, -0.2) is 4.39 Å². The molecule has 2 aromatic rings. The number of halogens is 1. The predicted molar refractivity (Wildman–Crippen MR) is 89.2 cm³/mol. The Bertz CT molecular complexity index is 743. The van der Waals surface area contributed by atoms with E-state index in [9.17, 15) is 19.4 Å². The van der Waals surface area contributed by atoms with Crippen molar-refractivity contribution >= 4 is 5.91 Å². The van der Waals surface area contributed by atoms with Gasteiger partial charge < -0.3 is 15.5 Å². The van der Waals surface area contributed by atoms with E-state index in [1.807, 2.05) is 0 Å². The first-order chi connectivity index (χ1) is 12.0. The Morgan fingerprint density at radius 1 is 1.32 bits per heavy atom. The molecule has 0 unspecified atom stereocenters. The van der Waals surface area contributed by atoms with Crippen LogP contribution < -0.4 is 5.32 Å². The lowest BCUT2D eigenvalue weighted by Crippen LogP contribution is -2.51. The molecule has 25 heavy (non-hydrogen) atoms. The van der Waals surface area contributed by atoms with Gasteiger partial charge in [-0.1, -0.05) is 24.3 Å². The molecule has 2 heterocycles. The fourth-order valence-electron chi connectivity index (χ4n) is 2.95. The number of carbonyl (C=O) groups excluding carboxylic acids is 1. The van der Waals surface area contributed by atoms with Crippen LogP contribution >= 0.6 is 0 Å². The van der Waals surface area contributed by atoms with Gasteiger partial charge in [-0.15, -0.1) is 0 Å². The molecule has 0 bridgehead atoms. The van der Waals surface area contributed by atoms with Crippen molar-refractivity contribution in [3.05, 3.63) is 65.7 Å². The SMILES string of the molecule is O=C(NC[C@]1(O)CN(Cc2ccccc2F)C[C@H]1O)c1ccccn1. The first kappa shape index (κ1) is 17.5. The largest absolute Gasteiger partial charge is 0.389 e. The van der Waals surface area contributed by atoms with Crippen LogP contribution in [-0.4, -0.2) is 57.3 Å². The quantitative estimate of drug-likeness (QED) is 0.737. The molecule has 0 saturated carbocycles. The van der Waals surface area contributed by atoms with E-state index >= 15 is 0 Å². The number of aliphatic hydroxyl groups is 2. The second-order valence-corrected chi connectivity index (χ2v) is 6.28. The summed E-state index contributed by atoms with van der Waals surface area (Å²) < 4.78 is 13.8. The number of likely N-dealkylation sites (tertiary alicyclic amines) is 1. The molecule has 3 rings (SSSR count). The maximum Gasteiger partial charge on any atom is 0.269 e. The van der Waals surface area contributed by atoms with Gasteiger partial charge in [0.05, 0.1) is 12.6 Å². The molecule has 6 nitrogen and oxygen atoms in total. The van der Waals surface area contributed by atoms with Crippen molar-refractivity contribution in [2.24, 2.45) is 0 Å². The normalized spacial score (nSPS) is 23.6. The summed E-state index contributed by atoms with van der Waals surface area (Å²) in [6, 6.07) is 11.4. The molecule has 1 amide bonds. The van der Waals surface area contributed by atoms with Crippen LogP contribution in [0.2, 0.25) is 0 Å². The molecule has 0 aliphatic carbocycles. The summed E-state index contributed by atoms with van der Waals surface area (Å²) in [4.78, 5) is 17.7. The highest BCUT2D eigenvalue weighted by Crippen LogP contribution is 2.24. The number of rotatable bonds is 5. The van der Waals surface area contributed by atoms with Crippen LogP contribution in [-0.2, 0) is 6.54 Å². The standard InChI is InChI=1S/C18H20FN3O3/c19-14-6-2-1-5-13(14)9-22-10-16(23)18(25,12-22)11-21-17(24)15-7-3-4-8-20-15/h1-8,16,23,25H,9-12H2,(H,21,24)/t16-,18+/m1/s1. The molecule has 1 aromatic carbocycles. The zero-order valence-electron chi connectivity index (χ0n) is 13.6. The molecule has 1 aliphatic rings. The van der Waals surface area contributed by atoms with Gasteiger partial charge in [-0.2, -0.15) is 0 Å². The van der Waals surface area contributed by atoms with Crippen molar-refractivity contribution in [1.29, 1.82) is 0 Å². The molecule has 132 valence electrons. The number of amides is 1. The topological polar surface area (TPSA) is 85.7 Å². The molecule has 2 atom stereocenters. The van der Waals surface area contributed by atoms with Gasteiger partial charge in [-0.05, 0) is 18.2 Å². The van der Waals surface area contributed by atoms with Crippen molar-refractivity contribution in [3.63, 3.8) is 0 Å². The van der Waals surface area contributed by atoms with Crippen LogP contribution in [0.3, 0.4) is 0 Å². The number of pyridine rings is 1. The van der Waals surface area contributed by atoms with Crippen LogP contribution in [0.25, 0.3) is 0 Å². The highest BCUT2D eigenvalue weighted by Gasteiger charge is 2.44. The maximum absolute atomic E-state index is 13.8. The zero-order valence-corrected chi connectivity index (χ0v) is 13.6. The first-order valence-electron chi connectivity index (χ1n) is 8.03. The van der Waals surface area contributed by atoms with E-state index in [4.69, 9.17) is 0 Å². The molecule has 3 N–H and O–H groups in total. The number of hydrogen-bond donors (Lipinski definition) is 3. The minimum Gasteiger partial charge on any atom is -0.389 e. The third-order valence-electron chi connectivity index (χ3n) is 4.35. The van der Waals surface area contributed by atoms with Crippen molar-refractivity contribution in [2.75, 3.05) is 19.6 Å². The summed E-state index contributed by atoms with van der Waals surface area (Å²) in [7, 11) is 0. The minimum atomic E-state index is -1.49. The van der Waals surface area contributed by atoms with Gasteiger partial charge in [0.25, 0.3) is 5.91 Å². The summed E-state index contributed by atoms with van der Waals surface area (Å²) >= 11 is 0. The molecule has 1 saturated heterocycles. The van der Waals surface area contributed by atoms with Crippen molar-refractivity contribution in [3.8, 4) is 0 Å². The Morgan fingerprint density at radius 2 is 2.08 bits per heavy atom. The van der Waals surface area contributed by atoms with Crippen LogP contribution in [0.4, 0.5) is 4.39 Å². The maximum atomic E-state index is 13.8. The number of benzene rings is 1. The fourth-order valence-corrected chi connectivity index (χ4v) is 2.95. The third kappa shape index (κ3) is 4.01. The molecule has 0 radical (unpaired) electrons. The smallest absolute Gasteiger partial charge is 0.269 e. The summed E-state index contributed by atoms with van der Waals surface area (Å²) in [5.74, 6) is -0.746. The molecule has 1 fully saturated rings. The van der Waals surface area contributed by atoms with Gasteiger partial charge in [-0.3, -0.25) is 14.7 Å². The van der Waals surface area contributed by atoms with Crippen LogP contribution in [0, 0.1) is 5.82 Å². The molecular weight excluding hydrogens is 325 g/mol. The van der Waals surface area contributed by atoms with Crippen LogP contribution in [0.15, 0.2) is 48.7 Å². The lowest BCUT2D eigenvalue weighted by atomic mass is 10.0. The third-order valence-corrected chi connectivity index (χ3v) is 4.35. The van der Waals surface area contributed by atoms with Gasteiger partial charge >= 0.3 is 0 Å². The van der Waals surface area contributed by atoms with Crippen molar-refractivity contribution < 1.29 is 19.4 Å². The Kier molecular flexibility index (Phi) is 5.08. The van der Waals surface area contributed by atoms with Gasteiger partial charge in [0.1, 0.15) is 17.1 Å². The molecule has 1 aromatic heterocycles. The number of nitrogens with one attached hydrogen (secondary N) is 1. The number of β-amino-alcohol motifs (C(OH)–C–C–N with tert-alkyl or cyclic N) is 2. The van der Waals surface area contributed by atoms with Gasteiger partial charge in [0.15, 0.2) is 0 Å². The molecule has 1 aliphatic heterocycles. The highest BCUT2D eigenvalue weighted by molar-refractivity contribution is 5.92. The predicted octanol–water partition coefficient (Wildman–Crippen LogP) is 0.558. The van der Waals surface area contributed by atoms with Gasteiger partial charge in [0.2, 0.25) is 0 Å². The van der Waals surface area contributed by atoms with E-state index in [2.05, 4.69) is 10.3 Å². The second-order valence-electron chi connectivity index (χ2n) is 6.28. The van der Waals surface area contributed by atoms with E-state index in [0.717, 1.165) is 0 Å². The Labute approximate surface area is 144 Å². The monoisotopic (exact) mass is 345 g/mol. The minimum absolute atomic E-state index is 0.114. The molecule has 0 spiro atoms. The van der Waals surface area contributed by atoms with E-state index < -0.39 is 17.6 Å². The Morgan fingerprint density at radius 3 is 2.80 bits per heavy atom. The molecular formula is C18H20FN3O3. The van der Waals surface area contributed by atoms with E-state index in [0.29, 0.717) is 5.56 Å². The number of nitrogens with zero attached hydrogens (tertiary/aromatic N) is 2. The highest BCUT2D eigenvalue weighted by atomic mass is 19.1. The van der Waals surface area contributed by atoms with E-state index in [1.54, 1.807) is 41.3 Å².